The van der Waals surface area contributed by atoms with Crippen molar-refractivity contribution in [2.24, 2.45) is 0 Å². The van der Waals surface area contributed by atoms with Crippen LogP contribution in [0, 0.1) is 0 Å². The molecule has 196 valence electrons. The molecular formula is C28H37NO7. The van der Waals surface area contributed by atoms with Crippen LogP contribution in [0.1, 0.15) is 69.4 Å². The van der Waals surface area contributed by atoms with Crippen molar-refractivity contribution < 1.29 is 33.3 Å². The summed E-state index contributed by atoms with van der Waals surface area (Å²) < 4.78 is 21.7. The van der Waals surface area contributed by atoms with Gasteiger partial charge >= 0.3 is 17.9 Å². The van der Waals surface area contributed by atoms with Crippen LogP contribution in [0.15, 0.2) is 48.5 Å². The van der Waals surface area contributed by atoms with Gasteiger partial charge in [-0.1, -0.05) is 30.3 Å². The van der Waals surface area contributed by atoms with Crippen LogP contribution in [-0.4, -0.2) is 42.3 Å². The highest BCUT2D eigenvalue weighted by Crippen LogP contribution is 2.21. The number of carbonyl (C=O) groups is 3. The molecule has 0 unspecified atom stereocenters. The van der Waals surface area contributed by atoms with Crippen molar-refractivity contribution in [3.8, 4) is 5.75 Å². The molecule has 0 saturated carbocycles. The zero-order valence-electron chi connectivity index (χ0n) is 22.2. The standard InChI is InChI=1S/C28H37NO7/c1-27(2,3)35-24(30)16-23(26(32)36-28(4,5)6)29-17-20-13-21(25(31)33-7)15-22(14-20)34-18-19-11-9-8-10-12-19/h8-15,23,29H,16-18H2,1-7H3/t23-/m0/s1. The van der Waals surface area contributed by atoms with Crippen molar-refractivity contribution >= 4 is 17.9 Å². The van der Waals surface area contributed by atoms with Crippen LogP contribution in [0.5, 0.6) is 5.75 Å². The Kier molecular flexibility index (Phi) is 10.0. The Morgan fingerprint density at radius 2 is 1.50 bits per heavy atom. The molecule has 2 rings (SSSR count). The normalized spacial score (nSPS) is 12.4. The van der Waals surface area contributed by atoms with E-state index in [0.29, 0.717) is 23.5 Å². The van der Waals surface area contributed by atoms with E-state index in [1.165, 1.54) is 7.11 Å². The number of ether oxygens (including phenoxy) is 4. The summed E-state index contributed by atoms with van der Waals surface area (Å²) in [5, 5.41) is 3.08. The molecule has 2 aromatic carbocycles. The van der Waals surface area contributed by atoms with Crippen molar-refractivity contribution in [3.63, 3.8) is 0 Å². The zero-order valence-corrected chi connectivity index (χ0v) is 22.2. The molecule has 2 aromatic rings. The number of hydrogen-bond donors (Lipinski definition) is 1. The zero-order chi connectivity index (χ0) is 26.9. The summed E-state index contributed by atoms with van der Waals surface area (Å²) in [7, 11) is 1.30. The first kappa shape index (κ1) is 28.8. The topological polar surface area (TPSA) is 100 Å². The average Bonchev–Trinajstić information content (AvgIpc) is 2.78. The Labute approximate surface area is 213 Å². The van der Waals surface area contributed by atoms with E-state index < -0.39 is 35.2 Å². The fourth-order valence-electron chi connectivity index (χ4n) is 3.23. The average molecular weight is 500 g/mol. The van der Waals surface area contributed by atoms with Gasteiger partial charge in [0.05, 0.1) is 19.1 Å². The Morgan fingerprint density at radius 3 is 2.08 bits per heavy atom. The number of esters is 3. The Morgan fingerprint density at radius 1 is 0.861 bits per heavy atom. The van der Waals surface area contributed by atoms with E-state index in [0.717, 1.165) is 5.56 Å². The van der Waals surface area contributed by atoms with Crippen LogP contribution in [0.2, 0.25) is 0 Å². The Bertz CT molecular complexity index is 1040. The Balaban J connectivity index is 2.22. The van der Waals surface area contributed by atoms with E-state index in [2.05, 4.69) is 5.32 Å². The first-order valence-electron chi connectivity index (χ1n) is 11.8. The van der Waals surface area contributed by atoms with E-state index >= 15 is 0 Å². The van der Waals surface area contributed by atoms with Gasteiger partial charge in [0.15, 0.2) is 0 Å². The molecule has 0 fully saturated rings. The summed E-state index contributed by atoms with van der Waals surface area (Å²) >= 11 is 0. The third-order valence-electron chi connectivity index (χ3n) is 4.67. The number of hydrogen-bond acceptors (Lipinski definition) is 8. The molecule has 8 heteroatoms. The molecule has 0 heterocycles. The fraction of sp³-hybridized carbons (Fsp3) is 0.464. The van der Waals surface area contributed by atoms with E-state index in [1.807, 2.05) is 30.3 Å². The fourth-order valence-corrected chi connectivity index (χ4v) is 3.23. The van der Waals surface area contributed by atoms with E-state index in [4.69, 9.17) is 18.9 Å². The highest BCUT2D eigenvalue weighted by atomic mass is 16.6. The smallest absolute Gasteiger partial charge is 0.337 e. The summed E-state index contributed by atoms with van der Waals surface area (Å²) in [6.07, 6.45) is -0.208. The number of rotatable bonds is 10. The number of carbonyl (C=O) groups excluding carboxylic acids is 3. The maximum Gasteiger partial charge on any atom is 0.337 e. The van der Waals surface area contributed by atoms with Crippen LogP contribution in [0.25, 0.3) is 0 Å². The summed E-state index contributed by atoms with van der Waals surface area (Å²) in [6.45, 7) is 11.0. The highest BCUT2D eigenvalue weighted by Gasteiger charge is 2.29. The van der Waals surface area contributed by atoms with Crippen LogP contribution in [-0.2, 0) is 37.0 Å². The van der Waals surface area contributed by atoms with Crippen LogP contribution in [0.4, 0.5) is 0 Å². The van der Waals surface area contributed by atoms with Gasteiger partial charge in [-0.15, -0.1) is 0 Å². The van der Waals surface area contributed by atoms with Crippen molar-refractivity contribution in [3.05, 3.63) is 65.2 Å². The quantitative estimate of drug-likeness (QED) is 0.374. The van der Waals surface area contributed by atoms with Gasteiger partial charge in [-0.3, -0.25) is 14.9 Å². The van der Waals surface area contributed by atoms with Gasteiger partial charge in [0, 0.05) is 6.54 Å². The van der Waals surface area contributed by atoms with Gasteiger partial charge in [-0.05, 0) is 70.9 Å². The lowest BCUT2D eigenvalue weighted by atomic mass is 10.1. The molecule has 0 radical (unpaired) electrons. The van der Waals surface area contributed by atoms with E-state index in [9.17, 15) is 14.4 Å². The predicted molar refractivity (Wildman–Crippen MR) is 135 cm³/mol. The van der Waals surface area contributed by atoms with E-state index in [-0.39, 0.29) is 13.0 Å². The molecule has 0 spiro atoms. The van der Waals surface area contributed by atoms with Crippen LogP contribution < -0.4 is 10.1 Å². The first-order valence-corrected chi connectivity index (χ1v) is 11.8. The van der Waals surface area contributed by atoms with Crippen molar-refractivity contribution in [2.45, 2.75) is 78.4 Å². The predicted octanol–water partition coefficient (Wildman–Crippen LogP) is 4.58. The van der Waals surface area contributed by atoms with Gasteiger partial charge in [0.25, 0.3) is 0 Å². The molecular weight excluding hydrogens is 462 g/mol. The minimum atomic E-state index is -0.949. The summed E-state index contributed by atoms with van der Waals surface area (Å²) in [5.74, 6) is -1.14. The van der Waals surface area contributed by atoms with Gasteiger partial charge in [0.2, 0.25) is 0 Å². The lowest BCUT2D eigenvalue weighted by Gasteiger charge is -2.26. The second-order valence-electron chi connectivity index (χ2n) is 10.4. The molecule has 0 aliphatic rings. The molecule has 0 amide bonds. The molecule has 0 aliphatic carbocycles. The third kappa shape index (κ3) is 10.5. The maximum atomic E-state index is 12.8. The van der Waals surface area contributed by atoms with Crippen molar-refractivity contribution in [1.82, 2.24) is 5.32 Å². The molecule has 0 saturated heterocycles. The molecule has 0 aliphatic heterocycles. The Hall–Kier alpha value is -3.39. The second kappa shape index (κ2) is 12.5. The molecule has 36 heavy (non-hydrogen) atoms. The third-order valence-corrected chi connectivity index (χ3v) is 4.67. The van der Waals surface area contributed by atoms with Crippen molar-refractivity contribution in [2.75, 3.05) is 7.11 Å². The van der Waals surface area contributed by atoms with Crippen LogP contribution in [0.3, 0.4) is 0 Å². The van der Waals surface area contributed by atoms with Gasteiger partial charge in [-0.25, -0.2) is 4.79 Å². The lowest BCUT2D eigenvalue weighted by Crippen LogP contribution is -2.43. The molecule has 1 atom stereocenters. The minimum Gasteiger partial charge on any atom is -0.489 e. The highest BCUT2D eigenvalue weighted by molar-refractivity contribution is 5.90. The number of nitrogens with one attached hydrogen (secondary N) is 1. The lowest BCUT2D eigenvalue weighted by molar-refractivity contribution is -0.164. The SMILES string of the molecule is COC(=O)c1cc(CN[C@@H](CC(=O)OC(C)(C)C)C(=O)OC(C)(C)C)cc(OCc2ccccc2)c1. The van der Waals surface area contributed by atoms with E-state index in [1.54, 1.807) is 59.7 Å². The van der Waals surface area contributed by atoms with Crippen LogP contribution >= 0.6 is 0 Å². The minimum absolute atomic E-state index is 0.166. The molecule has 0 aromatic heterocycles. The number of benzene rings is 2. The second-order valence-corrected chi connectivity index (χ2v) is 10.4. The monoisotopic (exact) mass is 499 g/mol. The van der Waals surface area contributed by atoms with Crippen molar-refractivity contribution in [1.29, 1.82) is 0 Å². The van der Waals surface area contributed by atoms with Gasteiger partial charge in [-0.2, -0.15) is 0 Å². The van der Waals surface area contributed by atoms with Gasteiger partial charge in [0.1, 0.15) is 29.6 Å². The largest absolute Gasteiger partial charge is 0.489 e. The summed E-state index contributed by atoms with van der Waals surface area (Å²) in [4.78, 5) is 37.5. The maximum absolute atomic E-state index is 12.8. The molecule has 0 bridgehead atoms. The van der Waals surface area contributed by atoms with Gasteiger partial charge < -0.3 is 18.9 Å². The summed E-state index contributed by atoms with van der Waals surface area (Å²) in [6, 6.07) is 13.7. The molecule has 8 nitrogen and oxygen atoms in total. The first-order chi connectivity index (χ1) is 16.8. The number of methoxy groups -OCH3 is 1. The summed E-state index contributed by atoms with van der Waals surface area (Å²) in [5.41, 5.74) is 0.534. The molecule has 1 N–H and O–H groups in total.